The highest BCUT2D eigenvalue weighted by Crippen LogP contribution is 2.27. The first-order chi connectivity index (χ1) is 6.72. The normalized spacial score (nSPS) is 22.7. The minimum absolute atomic E-state index is 0.317. The zero-order valence-corrected chi connectivity index (χ0v) is 10.2. The molecule has 5 heteroatoms. The minimum atomic E-state index is 0.317. The van der Waals surface area contributed by atoms with Gasteiger partial charge in [-0.15, -0.1) is 22.9 Å². The van der Waals surface area contributed by atoms with Crippen LogP contribution < -0.4 is 0 Å². The zero-order chi connectivity index (χ0) is 10.1. The number of aromatic amines is 1. The predicted octanol–water partition coefficient (Wildman–Crippen LogP) is 2.74. The first-order valence-electron chi connectivity index (χ1n) is 4.37. The van der Waals surface area contributed by atoms with Crippen LogP contribution in [0.1, 0.15) is 5.69 Å². The summed E-state index contributed by atoms with van der Waals surface area (Å²) in [5, 5.41) is 2.06. The molecule has 2 rings (SSSR count). The Morgan fingerprint density at radius 1 is 1.79 bits per heavy atom. The molecule has 0 amide bonds. The van der Waals surface area contributed by atoms with Crippen LogP contribution in [0.4, 0.5) is 0 Å². The summed E-state index contributed by atoms with van der Waals surface area (Å²) in [5.74, 6) is 0.624. The van der Waals surface area contributed by atoms with E-state index in [9.17, 15) is 0 Å². The molecule has 2 nitrogen and oxygen atoms in total. The fraction of sp³-hybridized carbons (Fsp3) is 0.444. The summed E-state index contributed by atoms with van der Waals surface area (Å²) in [6.45, 7) is 0.961. The molecule has 2 heterocycles. The van der Waals surface area contributed by atoms with Gasteiger partial charge in [-0.3, -0.25) is 4.90 Å². The van der Waals surface area contributed by atoms with Crippen molar-refractivity contribution in [2.75, 3.05) is 19.5 Å². The van der Waals surface area contributed by atoms with E-state index >= 15 is 0 Å². The van der Waals surface area contributed by atoms with Gasteiger partial charge in [-0.2, -0.15) is 0 Å². The third kappa shape index (κ3) is 1.80. The van der Waals surface area contributed by atoms with Crippen molar-refractivity contribution < 1.29 is 0 Å². The van der Waals surface area contributed by atoms with Gasteiger partial charge < -0.3 is 4.98 Å². The van der Waals surface area contributed by atoms with Crippen LogP contribution in [0.25, 0.3) is 5.57 Å². The number of nitrogens with one attached hydrogen (secondary N) is 1. The van der Waals surface area contributed by atoms with E-state index in [2.05, 4.69) is 28.4 Å². The number of aromatic nitrogens is 1. The summed E-state index contributed by atoms with van der Waals surface area (Å²) in [7, 11) is 2.08. The molecular weight excluding hydrogens is 236 g/mol. The summed E-state index contributed by atoms with van der Waals surface area (Å²) in [4.78, 5) is 5.42. The summed E-state index contributed by atoms with van der Waals surface area (Å²) in [5.41, 5.74) is 2.39. The van der Waals surface area contributed by atoms with E-state index in [-0.39, 0.29) is 0 Å². The standard InChI is InChI=1S/C9H11ClN2S2/c1-12-3-2-6(8(12)4-10)7-5-14-9(13)11-7/h2,5,8H,3-4H2,1H3,(H,11,13)/t8-/m1/s1. The Bertz CT molecular complexity index is 407. The van der Waals surface area contributed by atoms with Crippen molar-refractivity contribution in [3.63, 3.8) is 0 Å². The molecule has 1 aromatic rings. The van der Waals surface area contributed by atoms with Crippen molar-refractivity contribution >= 4 is 40.7 Å². The highest BCUT2D eigenvalue weighted by Gasteiger charge is 2.25. The lowest BCUT2D eigenvalue weighted by atomic mass is 10.1. The molecule has 0 saturated heterocycles. The number of likely N-dealkylation sites (N-methyl/N-ethyl adjacent to an activating group) is 1. The molecule has 0 fully saturated rings. The van der Waals surface area contributed by atoms with Crippen LogP contribution in [-0.2, 0) is 0 Å². The minimum Gasteiger partial charge on any atom is -0.337 e. The van der Waals surface area contributed by atoms with E-state index in [0.717, 1.165) is 16.2 Å². The highest BCUT2D eigenvalue weighted by molar-refractivity contribution is 7.73. The number of thiazole rings is 1. The molecule has 0 radical (unpaired) electrons. The van der Waals surface area contributed by atoms with Crippen LogP contribution in [-0.4, -0.2) is 35.4 Å². The van der Waals surface area contributed by atoms with Crippen LogP contribution in [0.3, 0.4) is 0 Å². The Balaban J connectivity index is 2.31. The molecule has 0 unspecified atom stereocenters. The first-order valence-corrected chi connectivity index (χ1v) is 6.19. The third-order valence-corrected chi connectivity index (χ3v) is 3.82. The van der Waals surface area contributed by atoms with Crippen molar-refractivity contribution in [1.82, 2.24) is 9.88 Å². The van der Waals surface area contributed by atoms with Gasteiger partial charge >= 0.3 is 0 Å². The molecule has 1 aliphatic rings. The number of H-pyrrole nitrogens is 1. The number of rotatable bonds is 2. The lowest BCUT2D eigenvalue weighted by Crippen LogP contribution is -2.29. The summed E-state index contributed by atoms with van der Waals surface area (Å²) in [6.07, 6.45) is 2.21. The summed E-state index contributed by atoms with van der Waals surface area (Å²) >= 11 is 12.6. The second-order valence-electron chi connectivity index (χ2n) is 3.33. The summed E-state index contributed by atoms with van der Waals surface area (Å²) < 4.78 is 0.823. The molecule has 0 aromatic carbocycles. The van der Waals surface area contributed by atoms with Gasteiger partial charge in [-0.25, -0.2) is 0 Å². The molecule has 14 heavy (non-hydrogen) atoms. The van der Waals surface area contributed by atoms with Gasteiger partial charge in [0.2, 0.25) is 0 Å². The van der Waals surface area contributed by atoms with Gasteiger partial charge in [0.1, 0.15) is 0 Å². The van der Waals surface area contributed by atoms with Crippen LogP contribution >= 0.6 is 35.2 Å². The molecule has 1 N–H and O–H groups in total. The van der Waals surface area contributed by atoms with E-state index in [0.29, 0.717) is 11.9 Å². The number of alkyl halides is 1. The van der Waals surface area contributed by atoms with Crippen molar-refractivity contribution in [3.8, 4) is 0 Å². The number of nitrogens with zero attached hydrogens (tertiary/aromatic N) is 1. The second-order valence-corrected chi connectivity index (χ2v) is 5.19. The largest absolute Gasteiger partial charge is 0.337 e. The first kappa shape index (κ1) is 10.4. The molecule has 0 bridgehead atoms. The Labute approximate surface area is 97.2 Å². The average molecular weight is 247 g/mol. The molecule has 1 atom stereocenters. The molecule has 0 saturated carbocycles. The quantitative estimate of drug-likeness (QED) is 0.639. The number of halogens is 1. The van der Waals surface area contributed by atoms with Crippen LogP contribution in [0.5, 0.6) is 0 Å². The van der Waals surface area contributed by atoms with Gasteiger partial charge in [-0.05, 0) is 24.8 Å². The van der Waals surface area contributed by atoms with Gasteiger partial charge in [0.25, 0.3) is 0 Å². The topological polar surface area (TPSA) is 19.0 Å². The van der Waals surface area contributed by atoms with Crippen molar-refractivity contribution in [1.29, 1.82) is 0 Å². The Morgan fingerprint density at radius 3 is 3.14 bits per heavy atom. The van der Waals surface area contributed by atoms with Crippen molar-refractivity contribution in [3.05, 3.63) is 21.1 Å². The number of hydrogen-bond acceptors (Lipinski definition) is 3. The maximum Gasteiger partial charge on any atom is 0.158 e. The Morgan fingerprint density at radius 2 is 2.57 bits per heavy atom. The molecule has 0 aliphatic carbocycles. The van der Waals surface area contributed by atoms with E-state index in [1.807, 2.05) is 0 Å². The molecule has 1 aromatic heterocycles. The van der Waals surface area contributed by atoms with Gasteiger partial charge in [0.15, 0.2) is 3.95 Å². The Hall–Kier alpha value is -0.160. The SMILES string of the molecule is CN1CC=C(c2csc(=S)[nH]2)[C@H]1CCl. The van der Waals surface area contributed by atoms with E-state index in [4.69, 9.17) is 23.8 Å². The predicted molar refractivity (Wildman–Crippen MR) is 64.6 cm³/mol. The van der Waals surface area contributed by atoms with Crippen LogP contribution in [0.15, 0.2) is 11.5 Å². The van der Waals surface area contributed by atoms with E-state index in [1.165, 1.54) is 5.57 Å². The summed E-state index contributed by atoms with van der Waals surface area (Å²) in [6, 6.07) is 0.317. The molecular formula is C9H11ClN2S2. The fourth-order valence-electron chi connectivity index (χ4n) is 1.65. The van der Waals surface area contributed by atoms with Gasteiger partial charge in [-0.1, -0.05) is 6.08 Å². The molecule has 0 spiro atoms. The van der Waals surface area contributed by atoms with Crippen molar-refractivity contribution in [2.45, 2.75) is 6.04 Å². The van der Waals surface area contributed by atoms with Crippen LogP contribution in [0.2, 0.25) is 0 Å². The number of hydrogen-bond donors (Lipinski definition) is 1. The monoisotopic (exact) mass is 246 g/mol. The maximum absolute atomic E-state index is 5.94. The maximum atomic E-state index is 5.94. The van der Waals surface area contributed by atoms with Crippen LogP contribution in [0, 0.1) is 3.95 Å². The molecule has 1 aliphatic heterocycles. The lowest BCUT2D eigenvalue weighted by molar-refractivity contribution is 0.360. The Kier molecular flexibility index (Phi) is 3.07. The van der Waals surface area contributed by atoms with E-state index < -0.39 is 0 Å². The second kappa shape index (κ2) is 4.14. The zero-order valence-electron chi connectivity index (χ0n) is 7.79. The third-order valence-electron chi connectivity index (χ3n) is 2.47. The molecule has 76 valence electrons. The van der Waals surface area contributed by atoms with E-state index in [1.54, 1.807) is 11.3 Å². The lowest BCUT2D eigenvalue weighted by Gasteiger charge is -2.19. The van der Waals surface area contributed by atoms with Gasteiger partial charge in [0.05, 0.1) is 11.7 Å². The fourth-order valence-corrected chi connectivity index (χ4v) is 2.90. The smallest absolute Gasteiger partial charge is 0.158 e. The highest BCUT2D eigenvalue weighted by atomic mass is 35.5. The van der Waals surface area contributed by atoms with Crippen molar-refractivity contribution in [2.24, 2.45) is 0 Å². The van der Waals surface area contributed by atoms with Gasteiger partial charge in [0, 0.05) is 17.8 Å². The average Bonchev–Trinajstić information content (AvgIpc) is 2.71.